The first-order chi connectivity index (χ1) is 13.8. The molecule has 4 amide bonds. The molecule has 0 spiro atoms. The largest absolute Gasteiger partial charge is 0.486 e. The molecule has 3 aliphatic heterocycles. The Bertz CT molecular complexity index is 834. The molecule has 0 N–H and O–H groups in total. The first-order valence-corrected chi connectivity index (χ1v) is 10.1. The molecule has 2 fully saturated rings. The van der Waals surface area contributed by atoms with Gasteiger partial charge in [0.2, 0.25) is 0 Å². The van der Waals surface area contributed by atoms with Crippen molar-refractivity contribution in [3.63, 3.8) is 0 Å². The normalized spacial score (nSPS) is 25.7. The van der Waals surface area contributed by atoms with Crippen molar-refractivity contribution < 1.29 is 23.9 Å². The summed E-state index contributed by atoms with van der Waals surface area (Å²) < 4.78 is 11.8. The molecule has 0 saturated carbocycles. The number of piperidine rings is 1. The van der Waals surface area contributed by atoms with E-state index in [1.54, 1.807) is 20.8 Å². The van der Waals surface area contributed by atoms with Gasteiger partial charge in [0.05, 0.1) is 6.04 Å². The summed E-state index contributed by atoms with van der Waals surface area (Å²) in [6.07, 6.45) is 1.42. The summed E-state index contributed by atoms with van der Waals surface area (Å²) in [4.78, 5) is 42.2. The Kier molecular flexibility index (Phi) is 4.98. The lowest BCUT2D eigenvalue weighted by molar-refractivity contribution is -0.145. The van der Waals surface area contributed by atoms with Crippen molar-refractivity contribution >= 4 is 17.8 Å². The lowest BCUT2D eigenvalue weighted by Crippen LogP contribution is -2.54. The monoisotopic (exact) mass is 401 g/mol. The highest BCUT2D eigenvalue weighted by Gasteiger charge is 2.52. The molecule has 8 heteroatoms. The number of amides is 4. The molecule has 1 aromatic rings. The van der Waals surface area contributed by atoms with Gasteiger partial charge in [-0.3, -0.25) is 24.3 Å². The maximum Gasteiger partial charge on any atom is 0.335 e. The molecule has 0 bridgehead atoms. The van der Waals surface area contributed by atoms with Crippen LogP contribution in [0.2, 0.25) is 0 Å². The van der Waals surface area contributed by atoms with Crippen LogP contribution in [0.3, 0.4) is 0 Å². The van der Waals surface area contributed by atoms with E-state index in [0.717, 1.165) is 34.3 Å². The number of rotatable bonds is 3. The minimum Gasteiger partial charge on any atom is -0.486 e. The average Bonchev–Trinajstić information content (AvgIpc) is 2.90. The van der Waals surface area contributed by atoms with E-state index in [1.165, 1.54) is 0 Å². The predicted octanol–water partition coefficient (Wildman–Crippen LogP) is 1.88. The Hall–Kier alpha value is -2.61. The third-order valence-corrected chi connectivity index (χ3v) is 5.55. The number of benzene rings is 1. The minimum absolute atomic E-state index is 0.124. The van der Waals surface area contributed by atoms with Crippen molar-refractivity contribution in [1.29, 1.82) is 0 Å². The minimum atomic E-state index is -0.736. The molecule has 3 aliphatic rings. The second kappa shape index (κ2) is 7.33. The van der Waals surface area contributed by atoms with Gasteiger partial charge in [-0.25, -0.2) is 4.79 Å². The smallest absolute Gasteiger partial charge is 0.335 e. The van der Waals surface area contributed by atoms with E-state index in [9.17, 15) is 14.4 Å². The maximum atomic E-state index is 12.9. The van der Waals surface area contributed by atoms with E-state index in [4.69, 9.17) is 9.47 Å². The first-order valence-electron chi connectivity index (χ1n) is 10.1. The van der Waals surface area contributed by atoms with Gasteiger partial charge < -0.3 is 9.47 Å². The van der Waals surface area contributed by atoms with Gasteiger partial charge in [0.1, 0.15) is 12.7 Å². The fraction of sp³-hybridized carbons (Fsp3) is 0.571. The molecule has 156 valence electrons. The Balaban J connectivity index is 1.42. The van der Waals surface area contributed by atoms with Crippen LogP contribution in [-0.2, 0) is 9.59 Å². The summed E-state index contributed by atoms with van der Waals surface area (Å²) >= 11 is 0. The molecule has 0 aliphatic carbocycles. The molecule has 2 atom stereocenters. The van der Waals surface area contributed by atoms with Crippen LogP contribution >= 0.6 is 0 Å². The summed E-state index contributed by atoms with van der Waals surface area (Å²) in [5.74, 6) is 0.0196. The van der Waals surface area contributed by atoms with E-state index in [-0.39, 0.29) is 12.1 Å². The Morgan fingerprint density at radius 2 is 1.79 bits per heavy atom. The number of nitrogens with zero attached hydrogens (tertiary/aromatic N) is 3. The van der Waals surface area contributed by atoms with Gasteiger partial charge in [0, 0.05) is 18.6 Å². The van der Waals surface area contributed by atoms with Crippen LogP contribution in [0.5, 0.6) is 11.5 Å². The van der Waals surface area contributed by atoms with E-state index >= 15 is 0 Å². The van der Waals surface area contributed by atoms with Gasteiger partial charge >= 0.3 is 17.8 Å². The zero-order chi connectivity index (χ0) is 20.8. The number of para-hydroxylation sites is 2. The van der Waals surface area contributed by atoms with Crippen molar-refractivity contribution in [2.75, 3.05) is 26.2 Å². The number of urea groups is 1. The summed E-state index contributed by atoms with van der Waals surface area (Å²) in [5.41, 5.74) is -0.729. The molecule has 4 rings (SSSR count). The van der Waals surface area contributed by atoms with Crippen LogP contribution in [0.4, 0.5) is 4.79 Å². The molecule has 0 unspecified atom stereocenters. The molecule has 0 aromatic heterocycles. The standard InChI is InChI=1S/C21H27N3O5/c1-21(2,3)24-19(26)18(25)23(20(24)27)14-7-6-10-22(11-14)12-15-13-28-16-8-4-5-9-17(16)29-15/h4-5,8-9,14-15H,6-7,10-13H2,1-3H3/t14-,15-/m0/s1. The van der Waals surface area contributed by atoms with Crippen molar-refractivity contribution in [3.8, 4) is 11.5 Å². The number of hydrogen-bond donors (Lipinski definition) is 0. The van der Waals surface area contributed by atoms with Crippen LogP contribution in [-0.4, -0.2) is 76.5 Å². The third kappa shape index (κ3) is 3.69. The summed E-state index contributed by atoms with van der Waals surface area (Å²) in [6.45, 7) is 7.74. The molecule has 8 nitrogen and oxygen atoms in total. The molecular weight excluding hydrogens is 374 g/mol. The maximum absolute atomic E-state index is 12.9. The topological polar surface area (TPSA) is 79.4 Å². The van der Waals surface area contributed by atoms with Crippen molar-refractivity contribution in [2.24, 2.45) is 0 Å². The Labute approximate surface area is 170 Å². The second-order valence-corrected chi connectivity index (χ2v) is 8.82. The number of carbonyl (C=O) groups excluding carboxylic acids is 3. The summed E-state index contributed by atoms with van der Waals surface area (Å²) in [6, 6.07) is 6.76. The number of fused-ring (bicyclic) bond motifs is 1. The van der Waals surface area contributed by atoms with Crippen molar-refractivity contribution in [2.45, 2.75) is 51.3 Å². The number of imide groups is 2. The number of likely N-dealkylation sites (tertiary alicyclic amines) is 1. The summed E-state index contributed by atoms with van der Waals surface area (Å²) in [5, 5.41) is 0. The average molecular weight is 401 g/mol. The highest BCUT2D eigenvalue weighted by atomic mass is 16.6. The molecular formula is C21H27N3O5. The van der Waals surface area contributed by atoms with Gasteiger partial charge in [-0.1, -0.05) is 12.1 Å². The highest BCUT2D eigenvalue weighted by Crippen LogP contribution is 2.32. The highest BCUT2D eigenvalue weighted by molar-refractivity contribution is 6.45. The quantitative estimate of drug-likeness (QED) is 0.568. The van der Waals surface area contributed by atoms with Crippen molar-refractivity contribution in [1.82, 2.24) is 14.7 Å². The van der Waals surface area contributed by atoms with Crippen LogP contribution < -0.4 is 9.47 Å². The van der Waals surface area contributed by atoms with E-state index in [2.05, 4.69) is 4.90 Å². The van der Waals surface area contributed by atoms with E-state index in [1.807, 2.05) is 24.3 Å². The second-order valence-electron chi connectivity index (χ2n) is 8.82. The summed E-state index contributed by atoms with van der Waals surface area (Å²) in [7, 11) is 0. The number of carbonyl (C=O) groups is 3. The molecule has 29 heavy (non-hydrogen) atoms. The van der Waals surface area contributed by atoms with Crippen LogP contribution in [0, 0.1) is 0 Å². The van der Waals surface area contributed by atoms with Gasteiger partial charge in [-0.15, -0.1) is 0 Å². The zero-order valence-electron chi connectivity index (χ0n) is 17.1. The van der Waals surface area contributed by atoms with E-state index in [0.29, 0.717) is 26.1 Å². The molecule has 3 heterocycles. The Morgan fingerprint density at radius 1 is 1.07 bits per heavy atom. The zero-order valence-corrected chi connectivity index (χ0v) is 17.1. The number of hydrogen-bond acceptors (Lipinski definition) is 6. The first kappa shape index (κ1) is 19.7. The molecule has 1 aromatic carbocycles. The van der Waals surface area contributed by atoms with E-state index < -0.39 is 23.4 Å². The fourth-order valence-corrected chi connectivity index (χ4v) is 4.24. The molecule has 2 saturated heterocycles. The van der Waals surface area contributed by atoms with Crippen LogP contribution in [0.15, 0.2) is 24.3 Å². The van der Waals surface area contributed by atoms with Crippen LogP contribution in [0.1, 0.15) is 33.6 Å². The van der Waals surface area contributed by atoms with Gasteiger partial charge in [-0.2, -0.15) is 0 Å². The fourth-order valence-electron chi connectivity index (χ4n) is 4.24. The lowest BCUT2D eigenvalue weighted by atomic mass is 10.0. The van der Waals surface area contributed by atoms with Crippen molar-refractivity contribution in [3.05, 3.63) is 24.3 Å². The van der Waals surface area contributed by atoms with Gasteiger partial charge in [0.25, 0.3) is 0 Å². The Morgan fingerprint density at radius 3 is 2.48 bits per heavy atom. The SMILES string of the molecule is CC(C)(C)N1C(=O)C(=O)N([C@H]2CCCN(C[C@H]3COc4ccccc4O3)C2)C1=O. The van der Waals surface area contributed by atoms with Gasteiger partial charge in [-0.05, 0) is 52.3 Å². The van der Waals surface area contributed by atoms with Gasteiger partial charge in [0.15, 0.2) is 11.5 Å². The predicted molar refractivity (Wildman–Crippen MR) is 105 cm³/mol. The van der Waals surface area contributed by atoms with Crippen LogP contribution in [0.25, 0.3) is 0 Å². The number of ether oxygens (including phenoxy) is 2. The third-order valence-electron chi connectivity index (χ3n) is 5.55. The lowest BCUT2D eigenvalue weighted by Gasteiger charge is -2.38. The molecule has 0 radical (unpaired) electrons.